The zero-order valence-electron chi connectivity index (χ0n) is 14.0. The largest absolute Gasteiger partial charge is 0.417 e. The van der Waals surface area contributed by atoms with Crippen LogP contribution in [0.15, 0.2) is 17.3 Å². The van der Waals surface area contributed by atoms with Gasteiger partial charge in [0.15, 0.2) is 17.4 Å². The summed E-state index contributed by atoms with van der Waals surface area (Å²) in [5.41, 5.74) is -0.690. The molecule has 0 unspecified atom stereocenters. The highest BCUT2D eigenvalue weighted by Gasteiger charge is 2.32. The topological polar surface area (TPSA) is 75.8 Å². The van der Waals surface area contributed by atoms with Gasteiger partial charge in [-0.3, -0.25) is 9.39 Å². The minimum absolute atomic E-state index is 0.108. The van der Waals surface area contributed by atoms with E-state index in [4.69, 9.17) is 16.3 Å². The van der Waals surface area contributed by atoms with Crippen LogP contribution < -0.4 is 10.6 Å². The van der Waals surface area contributed by atoms with Crippen molar-refractivity contribution >= 4 is 23.2 Å². The lowest BCUT2D eigenvalue weighted by atomic mass is 10.1. The molecule has 1 aliphatic rings. The molecule has 142 valence electrons. The van der Waals surface area contributed by atoms with E-state index in [-0.39, 0.29) is 23.3 Å². The number of hydrogen-bond acceptors (Lipinski definition) is 4. The fraction of sp³-hybridized carbons (Fsp3) is 0.533. The van der Waals surface area contributed by atoms with E-state index < -0.39 is 11.7 Å². The molecule has 0 bridgehead atoms. The zero-order chi connectivity index (χ0) is 18.7. The Morgan fingerprint density at radius 2 is 2.12 bits per heavy atom. The predicted octanol–water partition coefficient (Wildman–Crippen LogP) is 2.25. The highest BCUT2D eigenvalue weighted by atomic mass is 35.5. The lowest BCUT2D eigenvalue weighted by molar-refractivity contribution is -0.137. The SMILES string of the molecule is CN=C(NCc1nnc2c(Cl)cc(C(F)(F)F)cn12)NC1CCOCC1. The van der Waals surface area contributed by atoms with Crippen LogP contribution in [-0.2, 0) is 17.5 Å². The van der Waals surface area contributed by atoms with Crippen molar-refractivity contribution in [2.45, 2.75) is 31.6 Å². The fourth-order valence-corrected chi connectivity index (χ4v) is 2.91. The van der Waals surface area contributed by atoms with Gasteiger partial charge in [0.05, 0.1) is 17.1 Å². The Labute approximate surface area is 152 Å². The summed E-state index contributed by atoms with van der Waals surface area (Å²) >= 11 is 5.91. The number of aliphatic imine (C=N–C) groups is 1. The van der Waals surface area contributed by atoms with Crippen LogP contribution in [0.1, 0.15) is 24.2 Å². The van der Waals surface area contributed by atoms with Crippen molar-refractivity contribution in [2.24, 2.45) is 4.99 Å². The molecule has 2 N–H and O–H groups in total. The number of nitrogens with one attached hydrogen (secondary N) is 2. The molecule has 0 saturated carbocycles. The van der Waals surface area contributed by atoms with Crippen LogP contribution in [-0.4, -0.2) is 46.9 Å². The number of alkyl halides is 3. The first-order valence-electron chi connectivity index (χ1n) is 8.04. The Bertz CT molecular complexity index is 801. The Kier molecular flexibility index (Phi) is 5.52. The number of rotatable bonds is 3. The number of aromatic nitrogens is 3. The van der Waals surface area contributed by atoms with E-state index >= 15 is 0 Å². The first-order chi connectivity index (χ1) is 12.4. The van der Waals surface area contributed by atoms with Gasteiger partial charge in [0.1, 0.15) is 0 Å². The number of nitrogens with zero attached hydrogens (tertiary/aromatic N) is 4. The lowest BCUT2D eigenvalue weighted by Gasteiger charge is -2.25. The standard InChI is InChI=1S/C15H18ClF3N6O/c1-20-14(22-10-2-4-26-5-3-10)21-7-12-23-24-13-11(16)6-9(8-25(12)13)15(17,18)19/h6,8,10H,2-5,7H2,1H3,(H2,20,21,22). The van der Waals surface area contributed by atoms with Gasteiger partial charge in [-0.05, 0) is 18.9 Å². The summed E-state index contributed by atoms with van der Waals surface area (Å²) in [6, 6.07) is 1.07. The molecular formula is C15H18ClF3N6O. The maximum Gasteiger partial charge on any atom is 0.417 e. The van der Waals surface area contributed by atoms with Gasteiger partial charge in [-0.1, -0.05) is 11.6 Å². The molecule has 1 aliphatic heterocycles. The van der Waals surface area contributed by atoms with Crippen molar-refractivity contribution in [1.82, 2.24) is 25.2 Å². The molecule has 3 rings (SSSR count). The molecule has 1 saturated heterocycles. The van der Waals surface area contributed by atoms with Crippen LogP contribution in [0.25, 0.3) is 5.65 Å². The minimum atomic E-state index is -4.51. The van der Waals surface area contributed by atoms with E-state index in [0.29, 0.717) is 25.0 Å². The monoisotopic (exact) mass is 390 g/mol. The molecule has 2 aromatic rings. The van der Waals surface area contributed by atoms with Crippen LogP contribution in [0, 0.1) is 0 Å². The van der Waals surface area contributed by atoms with Crippen molar-refractivity contribution in [2.75, 3.05) is 20.3 Å². The first-order valence-corrected chi connectivity index (χ1v) is 8.41. The second-order valence-corrected chi connectivity index (χ2v) is 6.25. The normalized spacial score (nSPS) is 16.9. The van der Waals surface area contributed by atoms with Crippen molar-refractivity contribution < 1.29 is 17.9 Å². The minimum Gasteiger partial charge on any atom is -0.381 e. The molecule has 3 heterocycles. The third-order valence-electron chi connectivity index (χ3n) is 4.06. The average Bonchev–Trinajstić information content (AvgIpc) is 3.02. The maximum atomic E-state index is 13.0. The quantitative estimate of drug-likeness (QED) is 0.621. The molecule has 7 nitrogen and oxygen atoms in total. The molecular weight excluding hydrogens is 373 g/mol. The smallest absolute Gasteiger partial charge is 0.381 e. The van der Waals surface area contributed by atoms with Crippen LogP contribution >= 0.6 is 11.6 Å². The van der Waals surface area contributed by atoms with E-state index in [0.717, 1.165) is 25.1 Å². The van der Waals surface area contributed by atoms with E-state index in [1.807, 2.05) is 0 Å². The van der Waals surface area contributed by atoms with Crippen LogP contribution in [0.5, 0.6) is 0 Å². The Hall–Kier alpha value is -2.07. The third kappa shape index (κ3) is 4.18. The van der Waals surface area contributed by atoms with Gasteiger partial charge in [0, 0.05) is 32.5 Å². The number of hydrogen-bond donors (Lipinski definition) is 2. The number of halogens is 4. The molecule has 26 heavy (non-hydrogen) atoms. The van der Waals surface area contributed by atoms with Gasteiger partial charge in [-0.25, -0.2) is 0 Å². The van der Waals surface area contributed by atoms with E-state index in [1.54, 1.807) is 7.05 Å². The van der Waals surface area contributed by atoms with Gasteiger partial charge in [0.25, 0.3) is 0 Å². The van der Waals surface area contributed by atoms with Crippen molar-refractivity contribution in [3.05, 3.63) is 28.7 Å². The van der Waals surface area contributed by atoms with Crippen LogP contribution in [0.3, 0.4) is 0 Å². The highest BCUT2D eigenvalue weighted by molar-refractivity contribution is 6.33. The Balaban J connectivity index is 1.74. The fourth-order valence-electron chi connectivity index (χ4n) is 2.67. The first kappa shape index (κ1) is 18.7. The summed E-state index contributed by atoms with van der Waals surface area (Å²) in [6.07, 6.45) is -1.85. The molecule has 1 fully saturated rings. The second kappa shape index (κ2) is 7.67. The molecule has 0 radical (unpaired) electrons. The summed E-state index contributed by atoms with van der Waals surface area (Å²) < 4.78 is 45.5. The molecule has 0 atom stereocenters. The molecule has 2 aromatic heterocycles. The van der Waals surface area contributed by atoms with Crippen molar-refractivity contribution in [1.29, 1.82) is 0 Å². The number of fused-ring (bicyclic) bond motifs is 1. The average molecular weight is 391 g/mol. The number of guanidine groups is 1. The summed E-state index contributed by atoms with van der Waals surface area (Å²) in [4.78, 5) is 4.13. The molecule has 0 aromatic carbocycles. The van der Waals surface area contributed by atoms with Crippen molar-refractivity contribution in [3.63, 3.8) is 0 Å². The Morgan fingerprint density at radius 3 is 2.77 bits per heavy atom. The molecule has 0 aliphatic carbocycles. The predicted molar refractivity (Wildman–Crippen MR) is 90.2 cm³/mol. The van der Waals surface area contributed by atoms with Gasteiger partial charge >= 0.3 is 6.18 Å². The number of pyridine rings is 1. The molecule has 0 spiro atoms. The van der Waals surface area contributed by atoms with E-state index in [9.17, 15) is 13.2 Å². The zero-order valence-corrected chi connectivity index (χ0v) is 14.7. The Morgan fingerprint density at radius 1 is 1.38 bits per heavy atom. The highest BCUT2D eigenvalue weighted by Crippen LogP contribution is 2.32. The van der Waals surface area contributed by atoms with Crippen LogP contribution in [0.2, 0.25) is 5.02 Å². The van der Waals surface area contributed by atoms with Crippen LogP contribution in [0.4, 0.5) is 13.2 Å². The maximum absolute atomic E-state index is 13.0. The molecule has 0 amide bonds. The van der Waals surface area contributed by atoms with E-state index in [1.165, 1.54) is 4.40 Å². The van der Waals surface area contributed by atoms with Gasteiger partial charge in [-0.15, -0.1) is 10.2 Å². The molecule has 11 heteroatoms. The summed E-state index contributed by atoms with van der Waals surface area (Å²) in [5.74, 6) is 0.828. The summed E-state index contributed by atoms with van der Waals surface area (Å²) in [6.45, 7) is 1.51. The van der Waals surface area contributed by atoms with Crippen molar-refractivity contribution in [3.8, 4) is 0 Å². The van der Waals surface area contributed by atoms with Gasteiger partial charge in [0.2, 0.25) is 0 Å². The summed E-state index contributed by atoms with van der Waals surface area (Å²) in [7, 11) is 1.62. The second-order valence-electron chi connectivity index (χ2n) is 5.84. The van der Waals surface area contributed by atoms with E-state index in [2.05, 4.69) is 25.8 Å². The van der Waals surface area contributed by atoms with Gasteiger partial charge < -0.3 is 15.4 Å². The lowest BCUT2D eigenvalue weighted by Crippen LogP contribution is -2.45. The third-order valence-corrected chi connectivity index (χ3v) is 4.34. The number of ether oxygens (including phenoxy) is 1. The summed E-state index contributed by atoms with van der Waals surface area (Å²) in [5, 5.41) is 14.0. The van der Waals surface area contributed by atoms with Gasteiger partial charge in [-0.2, -0.15) is 13.2 Å².